The molecular formula is C15H27Cl2N3O2. The number of carbonyl (C=O) groups is 1. The predicted octanol–water partition coefficient (Wildman–Crippen LogP) is 1.27. The molecule has 1 unspecified atom stereocenters. The summed E-state index contributed by atoms with van der Waals surface area (Å²) in [5.41, 5.74) is 6.67. The Labute approximate surface area is 145 Å². The molecule has 1 atom stereocenters. The van der Waals surface area contributed by atoms with Crippen molar-refractivity contribution in [1.82, 2.24) is 10.2 Å². The van der Waals surface area contributed by atoms with Crippen molar-refractivity contribution < 1.29 is 9.53 Å². The topological polar surface area (TPSA) is 67.6 Å². The van der Waals surface area contributed by atoms with E-state index in [-0.39, 0.29) is 36.6 Å². The number of hydrogen-bond donors (Lipinski definition) is 2. The summed E-state index contributed by atoms with van der Waals surface area (Å²) in [7, 11) is 3.68. The maximum Gasteiger partial charge on any atom is 0.228 e. The van der Waals surface area contributed by atoms with Gasteiger partial charge in [0.05, 0.1) is 12.5 Å². The molecule has 1 rings (SSSR count). The fraction of sp³-hybridized carbons (Fsp3) is 0.533. The Morgan fingerprint density at radius 1 is 1.27 bits per heavy atom. The van der Waals surface area contributed by atoms with E-state index in [0.29, 0.717) is 19.7 Å². The quantitative estimate of drug-likeness (QED) is 0.702. The van der Waals surface area contributed by atoms with Crippen molar-refractivity contribution in [1.29, 1.82) is 0 Å². The first kappa shape index (κ1) is 23.4. The number of hydrogen-bond acceptors (Lipinski definition) is 4. The average Bonchev–Trinajstić information content (AvgIpc) is 2.47. The molecule has 0 aliphatic rings. The molecule has 22 heavy (non-hydrogen) atoms. The van der Waals surface area contributed by atoms with Crippen molar-refractivity contribution >= 4 is 30.7 Å². The van der Waals surface area contributed by atoms with Crippen LogP contribution in [-0.2, 0) is 9.53 Å². The van der Waals surface area contributed by atoms with Gasteiger partial charge >= 0.3 is 0 Å². The van der Waals surface area contributed by atoms with E-state index >= 15 is 0 Å². The standard InChI is InChI=1S/C15H25N3O2.2ClH/c1-18(10-11-20-2)9-8-17-15(19)14(12-16)13-6-4-3-5-7-13;;/h3-7,14H,8-12,16H2,1-2H3,(H,17,19);2*1H. The van der Waals surface area contributed by atoms with Crippen LogP contribution in [0.5, 0.6) is 0 Å². The third-order valence-electron chi connectivity index (χ3n) is 3.22. The highest BCUT2D eigenvalue weighted by molar-refractivity contribution is 5.85. The molecule has 0 aliphatic carbocycles. The molecule has 3 N–H and O–H groups in total. The van der Waals surface area contributed by atoms with Crippen LogP contribution in [0.4, 0.5) is 0 Å². The molecule has 1 aromatic carbocycles. The van der Waals surface area contributed by atoms with Gasteiger partial charge in [-0.15, -0.1) is 24.8 Å². The summed E-state index contributed by atoms with van der Waals surface area (Å²) in [6.07, 6.45) is 0. The molecule has 0 heterocycles. The van der Waals surface area contributed by atoms with Gasteiger partial charge in [0.25, 0.3) is 0 Å². The second kappa shape index (κ2) is 13.8. The summed E-state index contributed by atoms with van der Waals surface area (Å²) in [6.45, 7) is 3.27. The number of amides is 1. The molecule has 0 saturated carbocycles. The zero-order chi connectivity index (χ0) is 14.8. The third kappa shape index (κ3) is 8.56. The zero-order valence-corrected chi connectivity index (χ0v) is 14.8. The maximum atomic E-state index is 12.1. The number of ether oxygens (including phenoxy) is 1. The second-order valence-corrected chi connectivity index (χ2v) is 4.79. The van der Waals surface area contributed by atoms with Gasteiger partial charge in [0.1, 0.15) is 0 Å². The molecule has 5 nitrogen and oxygen atoms in total. The van der Waals surface area contributed by atoms with Crippen LogP contribution in [0, 0.1) is 0 Å². The Kier molecular flexibility index (Phi) is 14.7. The monoisotopic (exact) mass is 351 g/mol. The molecule has 7 heteroatoms. The van der Waals surface area contributed by atoms with E-state index in [4.69, 9.17) is 10.5 Å². The van der Waals surface area contributed by atoms with E-state index in [2.05, 4.69) is 10.2 Å². The molecule has 0 aliphatic heterocycles. The van der Waals surface area contributed by atoms with Crippen LogP contribution in [0.1, 0.15) is 11.5 Å². The average molecular weight is 352 g/mol. The molecule has 0 fully saturated rings. The highest BCUT2D eigenvalue weighted by atomic mass is 35.5. The Balaban J connectivity index is 0. The number of nitrogens with zero attached hydrogens (tertiary/aromatic N) is 1. The lowest BCUT2D eigenvalue weighted by molar-refractivity contribution is -0.122. The minimum absolute atomic E-state index is 0. The van der Waals surface area contributed by atoms with Gasteiger partial charge in [0.15, 0.2) is 0 Å². The van der Waals surface area contributed by atoms with Crippen molar-refractivity contribution in [2.75, 3.05) is 46.9 Å². The van der Waals surface area contributed by atoms with Gasteiger partial charge in [0.2, 0.25) is 5.91 Å². The molecule has 128 valence electrons. The molecule has 0 radical (unpaired) electrons. The van der Waals surface area contributed by atoms with Crippen molar-refractivity contribution in [3.8, 4) is 0 Å². The van der Waals surface area contributed by atoms with Gasteiger partial charge in [-0.25, -0.2) is 0 Å². The number of benzene rings is 1. The van der Waals surface area contributed by atoms with E-state index in [1.807, 2.05) is 37.4 Å². The lowest BCUT2D eigenvalue weighted by Crippen LogP contribution is -2.38. The van der Waals surface area contributed by atoms with Gasteiger partial charge in [-0.3, -0.25) is 4.79 Å². The van der Waals surface area contributed by atoms with Crippen LogP contribution >= 0.6 is 24.8 Å². The summed E-state index contributed by atoms with van der Waals surface area (Å²) in [5.74, 6) is -0.292. The van der Waals surface area contributed by atoms with Crippen molar-refractivity contribution in [3.05, 3.63) is 35.9 Å². The third-order valence-corrected chi connectivity index (χ3v) is 3.22. The largest absolute Gasteiger partial charge is 0.383 e. The van der Waals surface area contributed by atoms with E-state index < -0.39 is 0 Å². The second-order valence-electron chi connectivity index (χ2n) is 4.79. The number of carbonyl (C=O) groups excluding carboxylic acids is 1. The summed E-state index contributed by atoms with van der Waals surface area (Å²) < 4.78 is 5.01. The Morgan fingerprint density at radius 3 is 2.45 bits per heavy atom. The van der Waals surface area contributed by atoms with Crippen LogP contribution in [0.15, 0.2) is 30.3 Å². The Hall–Kier alpha value is -0.850. The highest BCUT2D eigenvalue weighted by Crippen LogP contribution is 2.13. The predicted molar refractivity (Wildman–Crippen MR) is 95.1 cm³/mol. The van der Waals surface area contributed by atoms with Gasteiger partial charge in [0, 0.05) is 33.3 Å². The van der Waals surface area contributed by atoms with Crippen molar-refractivity contribution in [3.63, 3.8) is 0 Å². The number of nitrogens with one attached hydrogen (secondary N) is 1. The number of likely N-dealkylation sites (N-methyl/N-ethyl adjacent to an activating group) is 1. The molecule has 0 bridgehead atoms. The van der Waals surface area contributed by atoms with E-state index in [1.165, 1.54) is 0 Å². The molecular weight excluding hydrogens is 325 g/mol. The highest BCUT2D eigenvalue weighted by Gasteiger charge is 2.18. The minimum atomic E-state index is -0.277. The van der Waals surface area contributed by atoms with Gasteiger partial charge in [-0.1, -0.05) is 30.3 Å². The zero-order valence-electron chi connectivity index (χ0n) is 13.2. The van der Waals surface area contributed by atoms with Gasteiger partial charge in [-0.2, -0.15) is 0 Å². The van der Waals surface area contributed by atoms with Crippen LogP contribution in [-0.4, -0.2) is 57.8 Å². The van der Waals surface area contributed by atoms with E-state index in [0.717, 1.165) is 18.7 Å². The van der Waals surface area contributed by atoms with E-state index in [9.17, 15) is 4.79 Å². The summed E-state index contributed by atoms with van der Waals surface area (Å²) in [4.78, 5) is 14.3. The smallest absolute Gasteiger partial charge is 0.228 e. The molecule has 1 aromatic rings. The first-order valence-corrected chi connectivity index (χ1v) is 6.89. The lowest BCUT2D eigenvalue weighted by Gasteiger charge is -2.18. The molecule has 0 aromatic heterocycles. The summed E-state index contributed by atoms with van der Waals surface area (Å²) in [5, 5.41) is 2.94. The number of halogens is 2. The van der Waals surface area contributed by atoms with Gasteiger partial charge in [-0.05, 0) is 12.6 Å². The van der Waals surface area contributed by atoms with E-state index in [1.54, 1.807) is 7.11 Å². The number of rotatable bonds is 9. The lowest BCUT2D eigenvalue weighted by atomic mass is 9.98. The fourth-order valence-electron chi connectivity index (χ4n) is 1.93. The molecule has 0 spiro atoms. The van der Waals surface area contributed by atoms with Crippen LogP contribution in [0.3, 0.4) is 0 Å². The molecule has 1 amide bonds. The SMILES string of the molecule is COCCN(C)CCNC(=O)C(CN)c1ccccc1.Cl.Cl. The van der Waals surface area contributed by atoms with Crippen molar-refractivity contribution in [2.45, 2.75) is 5.92 Å². The van der Waals surface area contributed by atoms with Crippen LogP contribution in [0.2, 0.25) is 0 Å². The first-order chi connectivity index (χ1) is 9.69. The molecule has 0 saturated heterocycles. The fourth-order valence-corrected chi connectivity index (χ4v) is 1.93. The number of methoxy groups -OCH3 is 1. The Morgan fingerprint density at radius 2 is 1.91 bits per heavy atom. The first-order valence-electron chi connectivity index (χ1n) is 6.89. The minimum Gasteiger partial charge on any atom is -0.383 e. The maximum absolute atomic E-state index is 12.1. The Bertz CT molecular complexity index is 394. The van der Waals surface area contributed by atoms with Gasteiger partial charge < -0.3 is 20.7 Å². The van der Waals surface area contributed by atoms with Crippen LogP contribution in [0.25, 0.3) is 0 Å². The van der Waals surface area contributed by atoms with Crippen molar-refractivity contribution in [2.24, 2.45) is 5.73 Å². The summed E-state index contributed by atoms with van der Waals surface area (Å²) in [6, 6.07) is 9.64. The summed E-state index contributed by atoms with van der Waals surface area (Å²) >= 11 is 0. The normalized spacial score (nSPS) is 11.3. The van der Waals surface area contributed by atoms with Crippen LogP contribution < -0.4 is 11.1 Å². The number of nitrogens with two attached hydrogens (primary N) is 1.